The number of hydrogen-bond donors (Lipinski definition) is 2. The van der Waals surface area contributed by atoms with Crippen molar-refractivity contribution >= 4 is 23.1 Å². The van der Waals surface area contributed by atoms with Crippen LogP contribution in [0.2, 0.25) is 0 Å². The van der Waals surface area contributed by atoms with E-state index in [0.29, 0.717) is 36.1 Å². The molecular weight excluding hydrogens is 371 g/mol. The first-order chi connectivity index (χ1) is 14.1. The van der Waals surface area contributed by atoms with Crippen LogP contribution in [0.3, 0.4) is 0 Å². The Morgan fingerprint density at radius 1 is 1.17 bits per heavy atom. The van der Waals surface area contributed by atoms with Crippen LogP contribution in [0.5, 0.6) is 0 Å². The number of aromatic nitrogens is 1. The number of anilines is 1. The summed E-state index contributed by atoms with van der Waals surface area (Å²) in [5, 5.41) is 3.32. The number of amides is 2. The molecule has 6 nitrogen and oxygen atoms in total. The topological polar surface area (TPSA) is 84.4 Å². The fourth-order valence-electron chi connectivity index (χ4n) is 3.97. The molecule has 0 unspecified atom stereocenters. The van der Waals surface area contributed by atoms with Crippen LogP contribution in [0.25, 0.3) is 11.1 Å². The number of carbonyl (C=O) groups is 1. The summed E-state index contributed by atoms with van der Waals surface area (Å²) in [6.07, 6.45) is 3.89. The Hall–Kier alpha value is -3.09. The van der Waals surface area contributed by atoms with Crippen molar-refractivity contribution < 1.29 is 13.6 Å². The Kier molecular flexibility index (Phi) is 5.64. The fourth-order valence-corrected chi connectivity index (χ4v) is 3.97. The largest absolute Gasteiger partial charge is 0.423 e. The van der Waals surface area contributed by atoms with Crippen LogP contribution in [0.4, 0.5) is 15.2 Å². The standard InChI is InChI=1S/C22H25FN4O2/c23-17-8-11-19-20(12-17)29-22(26-19)25-18-9-6-16(7-10-18)14-27(21(24)28)13-15-4-2-1-3-5-15/h1-5,8,11-12,16,18H,6-7,9-10,13-14H2,(H2,24,28)(H,25,26). The lowest BCUT2D eigenvalue weighted by molar-refractivity contribution is 0.181. The number of nitrogens with two attached hydrogens (primary N) is 1. The van der Waals surface area contributed by atoms with E-state index in [2.05, 4.69) is 10.3 Å². The summed E-state index contributed by atoms with van der Waals surface area (Å²) in [4.78, 5) is 18.0. The molecule has 0 bridgehead atoms. The number of hydrogen-bond acceptors (Lipinski definition) is 4. The highest BCUT2D eigenvalue weighted by Crippen LogP contribution is 2.29. The molecule has 0 atom stereocenters. The SMILES string of the molecule is NC(=O)N(Cc1ccccc1)CC1CCC(Nc2nc3ccc(F)cc3o2)CC1. The average molecular weight is 396 g/mol. The molecule has 1 heterocycles. The van der Waals surface area contributed by atoms with E-state index < -0.39 is 0 Å². The Morgan fingerprint density at radius 3 is 2.66 bits per heavy atom. The minimum absolute atomic E-state index is 0.250. The molecule has 4 rings (SSSR count). The zero-order chi connectivity index (χ0) is 20.2. The second kappa shape index (κ2) is 8.51. The van der Waals surface area contributed by atoms with Crippen molar-refractivity contribution in [1.29, 1.82) is 0 Å². The molecule has 1 saturated carbocycles. The molecule has 2 amide bonds. The summed E-state index contributed by atoms with van der Waals surface area (Å²) in [6.45, 7) is 1.20. The van der Waals surface area contributed by atoms with E-state index in [0.717, 1.165) is 31.2 Å². The molecule has 1 aliphatic rings. The van der Waals surface area contributed by atoms with Crippen LogP contribution in [0.1, 0.15) is 31.2 Å². The second-order valence-electron chi connectivity index (χ2n) is 7.70. The predicted octanol–water partition coefficient (Wildman–Crippen LogP) is 4.52. The lowest BCUT2D eigenvalue weighted by Crippen LogP contribution is -2.40. The molecule has 1 aliphatic carbocycles. The number of urea groups is 1. The highest BCUT2D eigenvalue weighted by Gasteiger charge is 2.25. The lowest BCUT2D eigenvalue weighted by Gasteiger charge is -2.32. The lowest BCUT2D eigenvalue weighted by atomic mass is 9.85. The van der Waals surface area contributed by atoms with Crippen LogP contribution in [0, 0.1) is 11.7 Å². The van der Waals surface area contributed by atoms with Crippen LogP contribution in [-0.2, 0) is 6.54 Å². The molecule has 1 fully saturated rings. The maximum Gasteiger partial charge on any atom is 0.315 e. The van der Waals surface area contributed by atoms with Gasteiger partial charge in [-0.15, -0.1) is 0 Å². The first-order valence-corrected chi connectivity index (χ1v) is 9.98. The summed E-state index contributed by atoms with van der Waals surface area (Å²) in [6, 6.07) is 14.5. The van der Waals surface area contributed by atoms with E-state index in [-0.39, 0.29) is 17.9 Å². The maximum absolute atomic E-state index is 13.3. The molecule has 3 N–H and O–H groups in total. The summed E-state index contributed by atoms with van der Waals surface area (Å²) < 4.78 is 18.9. The van der Waals surface area contributed by atoms with Crippen molar-refractivity contribution in [2.45, 2.75) is 38.3 Å². The van der Waals surface area contributed by atoms with Gasteiger partial charge in [0.1, 0.15) is 11.3 Å². The van der Waals surface area contributed by atoms with Gasteiger partial charge in [-0.05, 0) is 49.3 Å². The van der Waals surface area contributed by atoms with Gasteiger partial charge in [0, 0.05) is 25.2 Å². The Morgan fingerprint density at radius 2 is 1.93 bits per heavy atom. The number of carbonyl (C=O) groups excluding carboxylic acids is 1. The van der Waals surface area contributed by atoms with E-state index in [4.69, 9.17) is 10.2 Å². The van der Waals surface area contributed by atoms with E-state index in [1.807, 2.05) is 30.3 Å². The molecule has 0 spiro atoms. The molecule has 0 saturated heterocycles. The van der Waals surface area contributed by atoms with Crippen molar-refractivity contribution in [3.8, 4) is 0 Å². The van der Waals surface area contributed by atoms with Gasteiger partial charge >= 0.3 is 6.03 Å². The molecule has 1 aromatic heterocycles. The smallest absolute Gasteiger partial charge is 0.315 e. The molecule has 7 heteroatoms. The van der Waals surface area contributed by atoms with Gasteiger partial charge in [-0.1, -0.05) is 30.3 Å². The Balaban J connectivity index is 1.30. The summed E-state index contributed by atoms with van der Waals surface area (Å²) >= 11 is 0. The third-order valence-electron chi connectivity index (χ3n) is 5.53. The van der Waals surface area contributed by atoms with Gasteiger partial charge in [0.2, 0.25) is 0 Å². The monoisotopic (exact) mass is 396 g/mol. The molecule has 152 valence electrons. The van der Waals surface area contributed by atoms with Crippen LogP contribution >= 0.6 is 0 Å². The van der Waals surface area contributed by atoms with Gasteiger partial charge in [0.05, 0.1) is 0 Å². The number of nitrogens with zero attached hydrogens (tertiary/aromatic N) is 2. The van der Waals surface area contributed by atoms with Crippen molar-refractivity contribution in [2.75, 3.05) is 11.9 Å². The Bertz CT molecular complexity index is 967. The molecule has 2 aromatic carbocycles. The third-order valence-corrected chi connectivity index (χ3v) is 5.53. The average Bonchev–Trinajstić information content (AvgIpc) is 3.11. The molecule has 29 heavy (non-hydrogen) atoms. The molecular formula is C22H25FN4O2. The summed E-state index contributed by atoms with van der Waals surface area (Å²) in [5.41, 5.74) is 7.77. The van der Waals surface area contributed by atoms with Gasteiger partial charge < -0.3 is 20.4 Å². The highest BCUT2D eigenvalue weighted by atomic mass is 19.1. The fraction of sp³-hybridized carbons (Fsp3) is 0.364. The van der Waals surface area contributed by atoms with Crippen LogP contribution in [0.15, 0.2) is 52.9 Å². The normalized spacial score (nSPS) is 19.2. The number of halogens is 1. The first kappa shape index (κ1) is 19.2. The number of oxazole rings is 1. The minimum atomic E-state index is -0.382. The summed E-state index contributed by atoms with van der Waals surface area (Å²) in [7, 11) is 0. The zero-order valence-corrected chi connectivity index (χ0v) is 16.2. The number of fused-ring (bicyclic) bond motifs is 1. The van der Waals surface area contributed by atoms with Crippen LogP contribution < -0.4 is 11.1 Å². The zero-order valence-electron chi connectivity index (χ0n) is 16.2. The highest BCUT2D eigenvalue weighted by molar-refractivity contribution is 5.74. The van der Waals surface area contributed by atoms with E-state index in [1.165, 1.54) is 12.1 Å². The first-order valence-electron chi connectivity index (χ1n) is 9.98. The minimum Gasteiger partial charge on any atom is -0.423 e. The van der Waals surface area contributed by atoms with Crippen molar-refractivity contribution in [3.63, 3.8) is 0 Å². The van der Waals surface area contributed by atoms with Crippen molar-refractivity contribution in [3.05, 3.63) is 59.9 Å². The molecule has 3 aromatic rings. The van der Waals surface area contributed by atoms with Gasteiger partial charge in [0.25, 0.3) is 6.01 Å². The third kappa shape index (κ3) is 4.85. The molecule has 0 aliphatic heterocycles. The second-order valence-corrected chi connectivity index (χ2v) is 7.70. The number of primary amides is 1. The van der Waals surface area contributed by atoms with Crippen LogP contribution in [-0.4, -0.2) is 28.5 Å². The van der Waals surface area contributed by atoms with E-state index >= 15 is 0 Å². The molecule has 0 radical (unpaired) electrons. The van der Waals surface area contributed by atoms with Crippen molar-refractivity contribution in [2.24, 2.45) is 11.7 Å². The van der Waals surface area contributed by atoms with E-state index in [1.54, 1.807) is 11.0 Å². The quantitative estimate of drug-likeness (QED) is 0.642. The van der Waals surface area contributed by atoms with Gasteiger partial charge in [-0.3, -0.25) is 0 Å². The predicted molar refractivity (Wildman–Crippen MR) is 110 cm³/mol. The maximum atomic E-state index is 13.3. The van der Waals surface area contributed by atoms with Gasteiger partial charge in [-0.25, -0.2) is 9.18 Å². The van der Waals surface area contributed by atoms with Gasteiger partial charge in [-0.2, -0.15) is 4.98 Å². The summed E-state index contributed by atoms with van der Waals surface area (Å²) in [5.74, 6) is 0.0807. The number of rotatable bonds is 6. The van der Waals surface area contributed by atoms with E-state index in [9.17, 15) is 9.18 Å². The number of benzene rings is 2. The Labute approximate surface area is 168 Å². The number of nitrogens with one attached hydrogen (secondary N) is 1. The van der Waals surface area contributed by atoms with Crippen molar-refractivity contribution in [1.82, 2.24) is 9.88 Å². The van der Waals surface area contributed by atoms with Gasteiger partial charge in [0.15, 0.2) is 5.58 Å².